The van der Waals surface area contributed by atoms with E-state index >= 15 is 0 Å². The Morgan fingerprint density at radius 2 is 2.00 bits per heavy atom. The third-order valence-electron chi connectivity index (χ3n) is 3.88. The third-order valence-corrected chi connectivity index (χ3v) is 3.88. The maximum atomic E-state index is 4.06. The van der Waals surface area contributed by atoms with Crippen molar-refractivity contribution in [2.75, 3.05) is 6.54 Å². The zero-order valence-corrected chi connectivity index (χ0v) is 12.4. The zero-order chi connectivity index (χ0) is 14.5. The maximum Gasteiger partial charge on any atom is 0.0945 e. The Morgan fingerprint density at radius 3 is 2.81 bits per heavy atom. The summed E-state index contributed by atoms with van der Waals surface area (Å²) in [5.41, 5.74) is 1.34. The molecule has 108 valence electrons. The van der Waals surface area contributed by atoms with Gasteiger partial charge in [-0.25, -0.2) is 4.98 Å². The van der Waals surface area contributed by atoms with Crippen molar-refractivity contribution in [3.63, 3.8) is 0 Å². The topological polar surface area (TPSA) is 29.9 Å². The second kappa shape index (κ2) is 6.55. The lowest BCUT2D eigenvalue weighted by atomic mass is 10.0. The molecule has 0 saturated heterocycles. The summed E-state index contributed by atoms with van der Waals surface area (Å²) in [5, 5.41) is 6.20. The first-order chi connectivity index (χ1) is 10.3. The van der Waals surface area contributed by atoms with E-state index < -0.39 is 0 Å². The molecule has 21 heavy (non-hydrogen) atoms. The highest BCUT2D eigenvalue weighted by Gasteiger charge is 2.05. The number of hydrogen-bond donors (Lipinski definition) is 1. The van der Waals surface area contributed by atoms with Crippen LogP contribution in [0.1, 0.15) is 24.9 Å². The first-order valence-electron chi connectivity index (χ1n) is 7.51. The number of aromatic nitrogens is 2. The number of benzene rings is 2. The molecule has 1 heterocycles. The standard InChI is InChI=1S/C18H21N3/c1-15(20-9-4-11-21-12-10-19-14-21)17-8-7-16-5-2-3-6-18(16)13-17/h2-3,5-8,10,12-15,20H,4,9,11H2,1H3. The van der Waals surface area contributed by atoms with E-state index in [9.17, 15) is 0 Å². The van der Waals surface area contributed by atoms with Crippen molar-refractivity contribution in [1.82, 2.24) is 14.9 Å². The molecule has 3 heteroatoms. The maximum absolute atomic E-state index is 4.06. The van der Waals surface area contributed by atoms with Crippen LogP contribution in [0.4, 0.5) is 0 Å². The van der Waals surface area contributed by atoms with Gasteiger partial charge in [-0.3, -0.25) is 0 Å². The molecule has 2 aromatic carbocycles. The van der Waals surface area contributed by atoms with Crippen LogP contribution in [0.5, 0.6) is 0 Å². The summed E-state index contributed by atoms with van der Waals surface area (Å²) < 4.78 is 2.11. The number of nitrogens with zero attached hydrogens (tertiary/aromatic N) is 2. The van der Waals surface area contributed by atoms with E-state index in [0.717, 1.165) is 19.5 Å². The van der Waals surface area contributed by atoms with Gasteiger partial charge in [0.1, 0.15) is 0 Å². The Labute approximate surface area is 125 Å². The Kier molecular flexibility index (Phi) is 4.31. The van der Waals surface area contributed by atoms with Gasteiger partial charge in [0, 0.05) is 25.0 Å². The van der Waals surface area contributed by atoms with Gasteiger partial charge in [-0.15, -0.1) is 0 Å². The summed E-state index contributed by atoms with van der Waals surface area (Å²) in [4.78, 5) is 4.06. The fourth-order valence-electron chi connectivity index (χ4n) is 2.59. The van der Waals surface area contributed by atoms with Gasteiger partial charge in [-0.1, -0.05) is 36.4 Å². The molecule has 1 aromatic heterocycles. The van der Waals surface area contributed by atoms with Gasteiger partial charge in [-0.05, 0) is 42.3 Å². The van der Waals surface area contributed by atoms with Crippen LogP contribution >= 0.6 is 0 Å². The summed E-state index contributed by atoms with van der Waals surface area (Å²) in [5.74, 6) is 0. The SMILES string of the molecule is CC(NCCCn1ccnc1)c1ccc2ccccc2c1. The van der Waals surface area contributed by atoms with Crippen molar-refractivity contribution in [3.8, 4) is 0 Å². The van der Waals surface area contributed by atoms with E-state index in [1.165, 1.54) is 16.3 Å². The van der Waals surface area contributed by atoms with Crippen molar-refractivity contribution in [2.45, 2.75) is 25.9 Å². The minimum atomic E-state index is 0.373. The van der Waals surface area contributed by atoms with Crippen LogP contribution in [0.2, 0.25) is 0 Å². The minimum Gasteiger partial charge on any atom is -0.337 e. The number of aryl methyl sites for hydroxylation is 1. The lowest BCUT2D eigenvalue weighted by Crippen LogP contribution is -2.20. The van der Waals surface area contributed by atoms with E-state index in [0.29, 0.717) is 6.04 Å². The lowest BCUT2D eigenvalue weighted by Gasteiger charge is -2.15. The molecule has 1 unspecified atom stereocenters. The van der Waals surface area contributed by atoms with E-state index in [4.69, 9.17) is 0 Å². The number of fused-ring (bicyclic) bond motifs is 1. The van der Waals surface area contributed by atoms with E-state index in [1.54, 1.807) is 0 Å². The Morgan fingerprint density at radius 1 is 1.14 bits per heavy atom. The molecule has 0 bridgehead atoms. The Bertz CT molecular complexity index is 689. The Hall–Kier alpha value is -2.13. The smallest absolute Gasteiger partial charge is 0.0945 e. The van der Waals surface area contributed by atoms with E-state index in [1.807, 2.05) is 18.7 Å². The van der Waals surface area contributed by atoms with Crippen molar-refractivity contribution in [1.29, 1.82) is 0 Å². The molecule has 3 aromatic rings. The van der Waals surface area contributed by atoms with Crippen LogP contribution in [-0.4, -0.2) is 16.1 Å². The van der Waals surface area contributed by atoms with Gasteiger partial charge < -0.3 is 9.88 Å². The molecule has 0 fully saturated rings. The predicted molar refractivity (Wildman–Crippen MR) is 87.2 cm³/mol. The van der Waals surface area contributed by atoms with Crippen LogP contribution < -0.4 is 5.32 Å². The third kappa shape index (κ3) is 3.50. The largest absolute Gasteiger partial charge is 0.337 e. The molecule has 0 amide bonds. The van der Waals surface area contributed by atoms with Crippen LogP contribution in [0.15, 0.2) is 61.2 Å². The van der Waals surface area contributed by atoms with Crippen LogP contribution in [0.25, 0.3) is 10.8 Å². The average molecular weight is 279 g/mol. The molecule has 0 aliphatic heterocycles. The van der Waals surface area contributed by atoms with E-state index in [-0.39, 0.29) is 0 Å². The summed E-state index contributed by atoms with van der Waals surface area (Å²) in [6, 6.07) is 15.6. The molecule has 0 aliphatic carbocycles. The minimum absolute atomic E-state index is 0.373. The average Bonchev–Trinajstić information content (AvgIpc) is 3.04. The number of nitrogens with one attached hydrogen (secondary N) is 1. The molecule has 0 radical (unpaired) electrons. The summed E-state index contributed by atoms with van der Waals surface area (Å²) in [6.07, 6.45) is 6.80. The molecule has 3 rings (SSSR count). The highest BCUT2D eigenvalue weighted by atomic mass is 15.0. The monoisotopic (exact) mass is 279 g/mol. The first kappa shape index (κ1) is 13.8. The number of hydrogen-bond acceptors (Lipinski definition) is 2. The fourth-order valence-corrected chi connectivity index (χ4v) is 2.59. The van der Waals surface area contributed by atoms with Crippen molar-refractivity contribution < 1.29 is 0 Å². The van der Waals surface area contributed by atoms with Crippen LogP contribution in [0.3, 0.4) is 0 Å². The molecular formula is C18H21N3. The quantitative estimate of drug-likeness (QED) is 0.696. The second-order valence-electron chi connectivity index (χ2n) is 5.44. The second-order valence-corrected chi connectivity index (χ2v) is 5.44. The molecule has 1 N–H and O–H groups in total. The van der Waals surface area contributed by atoms with Crippen molar-refractivity contribution in [2.24, 2.45) is 0 Å². The van der Waals surface area contributed by atoms with Crippen molar-refractivity contribution >= 4 is 10.8 Å². The van der Waals surface area contributed by atoms with Crippen molar-refractivity contribution in [3.05, 3.63) is 66.7 Å². The highest BCUT2D eigenvalue weighted by molar-refractivity contribution is 5.83. The van der Waals surface area contributed by atoms with E-state index in [2.05, 4.69) is 64.3 Å². The van der Waals surface area contributed by atoms with Gasteiger partial charge >= 0.3 is 0 Å². The van der Waals surface area contributed by atoms with Gasteiger partial charge in [0.15, 0.2) is 0 Å². The zero-order valence-electron chi connectivity index (χ0n) is 12.4. The van der Waals surface area contributed by atoms with Crippen LogP contribution in [0, 0.1) is 0 Å². The number of imidazole rings is 1. The van der Waals surface area contributed by atoms with Gasteiger partial charge in [-0.2, -0.15) is 0 Å². The first-order valence-corrected chi connectivity index (χ1v) is 7.51. The van der Waals surface area contributed by atoms with Gasteiger partial charge in [0.2, 0.25) is 0 Å². The summed E-state index contributed by atoms with van der Waals surface area (Å²) >= 11 is 0. The number of rotatable bonds is 6. The van der Waals surface area contributed by atoms with Gasteiger partial charge in [0.05, 0.1) is 6.33 Å². The summed E-state index contributed by atoms with van der Waals surface area (Å²) in [6.45, 7) is 4.24. The molecule has 1 atom stereocenters. The molecule has 0 spiro atoms. The van der Waals surface area contributed by atoms with Gasteiger partial charge in [0.25, 0.3) is 0 Å². The molecule has 3 nitrogen and oxygen atoms in total. The summed E-state index contributed by atoms with van der Waals surface area (Å²) in [7, 11) is 0. The normalized spacial score (nSPS) is 12.6. The molecule has 0 aliphatic rings. The van der Waals surface area contributed by atoms with Crippen LogP contribution in [-0.2, 0) is 6.54 Å². The highest BCUT2D eigenvalue weighted by Crippen LogP contribution is 2.20. The lowest BCUT2D eigenvalue weighted by molar-refractivity contribution is 0.527. The molecule has 0 saturated carbocycles. The Balaban J connectivity index is 1.55. The predicted octanol–water partition coefficient (Wildman–Crippen LogP) is 3.78. The fraction of sp³-hybridized carbons (Fsp3) is 0.278. The molecular weight excluding hydrogens is 258 g/mol.